The van der Waals surface area contributed by atoms with E-state index in [-0.39, 0.29) is 25.2 Å². The third-order valence-corrected chi connectivity index (χ3v) is 11.9. The molecule has 0 saturated carbocycles. The maximum atomic E-state index is 12.3. The summed E-state index contributed by atoms with van der Waals surface area (Å²) < 4.78 is 10.7. The van der Waals surface area contributed by atoms with E-state index in [2.05, 4.69) is 111 Å². The Balaban J connectivity index is 3.53. The summed E-state index contributed by atoms with van der Waals surface area (Å²) in [5.74, 6) is -0.639. The van der Waals surface area contributed by atoms with Crippen molar-refractivity contribution in [3.8, 4) is 0 Å². The first kappa shape index (κ1) is 62.8. The maximum Gasteiger partial charge on any atom is 0.306 e. The van der Waals surface area contributed by atoms with Gasteiger partial charge < -0.3 is 14.6 Å². The van der Waals surface area contributed by atoms with Crippen molar-refractivity contribution in [2.45, 2.75) is 264 Å². The van der Waals surface area contributed by atoms with Crippen LogP contribution in [0.1, 0.15) is 258 Å². The van der Waals surface area contributed by atoms with Gasteiger partial charge in [0.05, 0.1) is 6.61 Å². The molecule has 0 aliphatic carbocycles. The fraction of sp³-hybridized carbons (Fsp3) is 0.705. The van der Waals surface area contributed by atoms with E-state index >= 15 is 0 Å². The Morgan fingerprint density at radius 3 is 1.02 bits per heavy atom. The lowest BCUT2D eigenvalue weighted by atomic mass is 10.0. The first-order valence-electron chi connectivity index (χ1n) is 27.8. The van der Waals surface area contributed by atoms with Gasteiger partial charge in [-0.1, -0.05) is 246 Å². The van der Waals surface area contributed by atoms with Crippen molar-refractivity contribution in [2.75, 3.05) is 13.2 Å². The highest BCUT2D eigenvalue weighted by atomic mass is 16.6. The summed E-state index contributed by atoms with van der Waals surface area (Å²) in [6, 6.07) is 0. The van der Waals surface area contributed by atoms with Gasteiger partial charge in [-0.15, -0.1) is 0 Å². The molecule has 0 rings (SSSR count). The molecule has 0 saturated heterocycles. The van der Waals surface area contributed by atoms with Gasteiger partial charge in [-0.05, 0) is 96.3 Å². The first-order valence-corrected chi connectivity index (χ1v) is 27.8. The summed E-state index contributed by atoms with van der Waals surface area (Å²) in [6.45, 7) is 3.99. The minimum Gasteiger partial charge on any atom is -0.462 e. The second-order valence-electron chi connectivity index (χ2n) is 18.3. The van der Waals surface area contributed by atoms with Gasteiger partial charge in [0.15, 0.2) is 6.10 Å². The molecule has 1 unspecified atom stereocenters. The van der Waals surface area contributed by atoms with Crippen molar-refractivity contribution < 1.29 is 24.2 Å². The zero-order valence-corrected chi connectivity index (χ0v) is 43.2. The van der Waals surface area contributed by atoms with Crippen LogP contribution < -0.4 is 0 Å². The van der Waals surface area contributed by atoms with E-state index in [1.165, 1.54) is 148 Å². The number of carbonyl (C=O) groups excluding carboxylic acids is 2. The number of esters is 2. The second-order valence-corrected chi connectivity index (χ2v) is 18.3. The standard InChI is InChI=1S/C61H104O5/c1-3-5-7-9-11-13-15-17-19-21-23-25-26-27-28-29-30-31-32-33-34-36-37-39-41-43-45-47-49-51-53-55-60(63)65-58-59(57-62)66-61(64)56-54-52-50-48-46-44-42-40-38-35-24-22-20-18-16-14-12-10-8-6-4-2/h6,8,12,14-15,17-18,20-21,23-24,35,40,42,46,48,59,62H,3-5,7,9-11,13,16,19,22,25-34,36-39,41,43-45,47,49-58H2,1-2H3/b8-6-,14-12-,17-15-,20-18-,23-21-,35-24-,42-40-,48-46-. The quantitative estimate of drug-likeness (QED) is 0.0374. The van der Waals surface area contributed by atoms with Crippen LogP contribution in [0.2, 0.25) is 0 Å². The Kier molecular flexibility index (Phi) is 53.4. The highest BCUT2D eigenvalue weighted by Crippen LogP contribution is 2.16. The molecule has 66 heavy (non-hydrogen) atoms. The molecule has 0 aromatic heterocycles. The summed E-state index contributed by atoms with van der Waals surface area (Å²) in [6.07, 6.45) is 79.5. The molecule has 0 amide bonds. The lowest BCUT2D eigenvalue weighted by Gasteiger charge is -2.15. The number of allylic oxidation sites excluding steroid dienone is 16. The van der Waals surface area contributed by atoms with E-state index in [4.69, 9.17) is 9.47 Å². The van der Waals surface area contributed by atoms with Gasteiger partial charge >= 0.3 is 11.9 Å². The third-order valence-electron chi connectivity index (χ3n) is 11.9. The van der Waals surface area contributed by atoms with Crippen LogP contribution in [0.4, 0.5) is 0 Å². The normalized spacial score (nSPS) is 13.0. The summed E-state index contributed by atoms with van der Waals surface area (Å²) in [5, 5.41) is 9.63. The van der Waals surface area contributed by atoms with E-state index in [0.29, 0.717) is 12.8 Å². The molecule has 1 atom stereocenters. The van der Waals surface area contributed by atoms with Crippen molar-refractivity contribution >= 4 is 11.9 Å². The van der Waals surface area contributed by atoms with E-state index in [9.17, 15) is 14.7 Å². The largest absolute Gasteiger partial charge is 0.462 e. The van der Waals surface area contributed by atoms with Crippen molar-refractivity contribution in [3.05, 3.63) is 97.2 Å². The zero-order chi connectivity index (χ0) is 47.7. The van der Waals surface area contributed by atoms with Crippen molar-refractivity contribution in [3.63, 3.8) is 0 Å². The number of aliphatic hydroxyl groups excluding tert-OH is 1. The third kappa shape index (κ3) is 53.4. The molecular formula is C61H104O5. The SMILES string of the molecule is CC/C=C\C/C=C\C/C=C\C/C=C\C/C=C\C/C=C\CCCCC(=O)OC(CO)COC(=O)CCCCCCCCCCCCCCCCCCCCC/C=C\C/C=C\CCCCCCC. The summed E-state index contributed by atoms with van der Waals surface area (Å²) >= 11 is 0. The monoisotopic (exact) mass is 917 g/mol. The molecule has 0 bridgehead atoms. The van der Waals surface area contributed by atoms with Crippen LogP contribution in [0.15, 0.2) is 97.2 Å². The van der Waals surface area contributed by atoms with Crippen molar-refractivity contribution in [1.29, 1.82) is 0 Å². The fourth-order valence-corrected chi connectivity index (χ4v) is 7.71. The lowest BCUT2D eigenvalue weighted by Crippen LogP contribution is -2.28. The number of unbranched alkanes of at least 4 members (excludes halogenated alkanes) is 26. The van der Waals surface area contributed by atoms with E-state index in [1.807, 2.05) is 0 Å². The molecular weight excluding hydrogens is 813 g/mol. The minimum atomic E-state index is -0.801. The Morgan fingerprint density at radius 2 is 0.652 bits per heavy atom. The molecule has 0 aliphatic rings. The number of rotatable bonds is 50. The molecule has 0 heterocycles. The molecule has 0 aromatic rings. The van der Waals surface area contributed by atoms with E-state index < -0.39 is 6.10 Å². The Bertz CT molecular complexity index is 1270. The van der Waals surface area contributed by atoms with Gasteiger partial charge in [-0.3, -0.25) is 9.59 Å². The van der Waals surface area contributed by atoms with Gasteiger partial charge in [0.25, 0.3) is 0 Å². The highest BCUT2D eigenvalue weighted by molar-refractivity contribution is 5.70. The molecule has 0 spiro atoms. The van der Waals surface area contributed by atoms with Crippen LogP contribution >= 0.6 is 0 Å². The summed E-state index contributed by atoms with van der Waals surface area (Å²) in [5.41, 5.74) is 0. The number of hydrogen-bond donors (Lipinski definition) is 1. The molecule has 0 aromatic carbocycles. The van der Waals surface area contributed by atoms with Crippen molar-refractivity contribution in [1.82, 2.24) is 0 Å². The van der Waals surface area contributed by atoms with Gasteiger partial charge in [0, 0.05) is 12.8 Å². The lowest BCUT2D eigenvalue weighted by molar-refractivity contribution is -0.161. The van der Waals surface area contributed by atoms with Crippen LogP contribution in [0.5, 0.6) is 0 Å². The molecule has 0 aliphatic heterocycles. The fourth-order valence-electron chi connectivity index (χ4n) is 7.71. The van der Waals surface area contributed by atoms with Crippen LogP contribution in [0.25, 0.3) is 0 Å². The number of aliphatic hydroxyl groups is 1. The summed E-state index contributed by atoms with van der Waals surface area (Å²) in [4.78, 5) is 24.5. The molecule has 0 radical (unpaired) electrons. The Morgan fingerprint density at radius 1 is 0.364 bits per heavy atom. The van der Waals surface area contributed by atoms with Crippen LogP contribution in [0.3, 0.4) is 0 Å². The minimum absolute atomic E-state index is 0.0869. The van der Waals surface area contributed by atoms with Gasteiger partial charge in [-0.2, -0.15) is 0 Å². The van der Waals surface area contributed by atoms with Gasteiger partial charge in [0.2, 0.25) is 0 Å². The van der Waals surface area contributed by atoms with Crippen LogP contribution in [-0.4, -0.2) is 36.4 Å². The van der Waals surface area contributed by atoms with Crippen LogP contribution in [0, 0.1) is 0 Å². The number of carbonyl (C=O) groups is 2. The summed E-state index contributed by atoms with van der Waals surface area (Å²) in [7, 11) is 0. The van der Waals surface area contributed by atoms with Gasteiger partial charge in [-0.25, -0.2) is 0 Å². The Labute approximate surface area is 408 Å². The topological polar surface area (TPSA) is 72.8 Å². The zero-order valence-electron chi connectivity index (χ0n) is 43.2. The average molecular weight is 917 g/mol. The highest BCUT2D eigenvalue weighted by Gasteiger charge is 2.16. The van der Waals surface area contributed by atoms with E-state index in [0.717, 1.165) is 83.5 Å². The average Bonchev–Trinajstić information content (AvgIpc) is 3.32. The van der Waals surface area contributed by atoms with Crippen molar-refractivity contribution in [2.24, 2.45) is 0 Å². The number of hydrogen-bond acceptors (Lipinski definition) is 5. The second kappa shape index (κ2) is 56.1. The molecule has 5 heteroatoms. The predicted octanol–water partition coefficient (Wildman–Crippen LogP) is 18.7. The molecule has 1 N–H and O–H groups in total. The molecule has 5 nitrogen and oxygen atoms in total. The molecule has 378 valence electrons. The maximum absolute atomic E-state index is 12.3. The predicted molar refractivity (Wildman–Crippen MR) is 288 cm³/mol. The van der Waals surface area contributed by atoms with Crippen LogP contribution in [-0.2, 0) is 19.1 Å². The van der Waals surface area contributed by atoms with Gasteiger partial charge in [0.1, 0.15) is 6.61 Å². The Hall–Kier alpha value is -3.18. The van der Waals surface area contributed by atoms with E-state index in [1.54, 1.807) is 0 Å². The molecule has 0 fully saturated rings. The smallest absolute Gasteiger partial charge is 0.306 e. The number of ether oxygens (including phenoxy) is 2. The first-order chi connectivity index (χ1) is 32.6.